The van der Waals surface area contributed by atoms with Gasteiger partial charge in [0.15, 0.2) is 0 Å². The van der Waals surface area contributed by atoms with Crippen LogP contribution in [0.5, 0.6) is 0 Å². The molecule has 0 saturated heterocycles. The summed E-state index contributed by atoms with van der Waals surface area (Å²) in [6.07, 6.45) is 0.640. The number of benzene rings is 1. The Morgan fingerprint density at radius 1 is 1.47 bits per heavy atom. The van der Waals surface area contributed by atoms with E-state index >= 15 is 0 Å². The minimum absolute atomic E-state index is 0.131. The second kappa shape index (κ2) is 5.68. The summed E-state index contributed by atoms with van der Waals surface area (Å²) < 4.78 is 0. The Labute approximate surface area is 103 Å². The molecule has 4 heteroatoms. The SMILES string of the molecule is CC[C@H](N)C(=O)Nc1ccc(N(C)C)cc1C. The zero-order valence-corrected chi connectivity index (χ0v) is 10.9. The molecule has 17 heavy (non-hydrogen) atoms. The Hall–Kier alpha value is -1.55. The number of hydrogen-bond acceptors (Lipinski definition) is 3. The van der Waals surface area contributed by atoms with Gasteiger partial charge in [0.2, 0.25) is 5.91 Å². The van der Waals surface area contributed by atoms with Gasteiger partial charge in [-0.25, -0.2) is 0 Å². The van der Waals surface area contributed by atoms with Crippen molar-refractivity contribution in [2.45, 2.75) is 26.3 Å². The van der Waals surface area contributed by atoms with E-state index in [0.29, 0.717) is 6.42 Å². The van der Waals surface area contributed by atoms with Crippen LogP contribution in [0, 0.1) is 6.92 Å². The first kappa shape index (κ1) is 13.5. The molecular formula is C13H21N3O. The molecular weight excluding hydrogens is 214 g/mol. The lowest BCUT2D eigenvalue weighted by atomic mass is 10.1. The highest BCUT2D eigenvalue weighted by molar-refractivity contribution is 5.95. The minimum Gasteiger partial charge on any atom is -0.378 e. The number of nitrogens with zero attached hydrogens (tertiary/aromatic N) is 1. The van der Waals surface area contributed by atoms with E-state index in [1.165, 1.54) is 0 Å². The first-order chi connectivity index (χ1) is 7.95. The molecule has 1 amide bonds. The van der Waals surface area contributed by atoms with Gasteiger partial charge < -0.3 is 16.0 Å². The van der Waals surface area contributed by atoms with Gasteiger partial charge in [0.05, 0.1) is 6.04 Å². The van der Waals surface area contributed by atoms with Crippen LogP contribution < -0.4 is 16.0 Å². The average molecular weight is 235 g/mol. The third-order valence-corrected chi connectivity index (χ3v) is 2.76. The van der Waals surface area contributed by atoms with Gasteiger partial charge in [-0.15, -0.1) is 0 Å². The van der Waals surface area contributed by atoms with Crippen molar-refractivity contribution in [2.75, 3.05) is 24.3 Å². The van der Waals surface area contributed by atoms with Gasteiger partial charge in [0, 0.05) is 25.5 Å². The lowest BCUT2D eigenvalue weighted by Crippen LogP contribution is -2.35. The summed E-state index contributed by atoms with van der Waals surface area (Å²) in [5, 5.41) is 2.84. The maximum absolute atomic E-state index is 11.7. The first-order valence-corrected chi connectivity index (χ1v) is 5.80. The van der Waals surface area contributed by atoms with Gasteiger partial charge in [-0.3, -0.25) is 4.79 Å². The van der Waals surface area contributed by atoms with E-state index < -0.39 is 6.04 Å². The standard InChI is InChI=1S/C13H21N3O/c1-5-11(14)13(17)15-12-7-6-10(16(3)4)8-9(12)2/h6-8,11H,5,14H2,1-4H3,(H,15,17)/t11-/m0/s1. The van der Waals surface area contributed by atoms with E-state index in [1.54, 1.807) is 0 Å². The molecule has 0 spiro atoms. The molecule has 3 N–H and O–H groups in total. The van der Waals surface area contributed by atoms with Crippen LogP contribution in [0.4, 0.5) is 11.4 Å². The number of nitrogens with two attached hydrogens (primary N) is 1. The van der Waals surface area contributed by atoms with Crippen LogP contribution in [0.25, 0.3) is 0 Å². The molecule has 0 saturated carbocycles. The predicted octanol–water partition coefficient (Wildman–Crippen LogP) is 1.74. The number of nitrogens with one attached hydrogen (secondary N) is 1. The first-order valence-electron chi connectivity index (χ1n) is 5.80. The fourth-order valence-electron chi connectivity index (χ4n) is 1.48. The molecule has 1 atom stereocenters. The monoisotopic (exact) mass is 235 g/mol. The molecule has 0 heterocycles. The van der Waals surface area contributed by atoms with Crippen LogP contribution in [-0.2, 0) is 4.79 Å². The highest BCUT2D eigenvalue weighted by Crippen LogP contribution is 2.21. The Morgan fingerprint density at radius 2 is 2.12 bits per heavy atom. The molecule has 0 bridgehead atoms. The van der Waals surface area contributed by atoms with E-state index in [4.69, 9.17) is 5.73 Å². The summed E-state index contributed by atoms with van der Waals surface area (Å²) in [5.41, 5.74) is 8.64. The van der Waals surface area contributed by atoms with E-state index in [2.05, 4.69) is 5.32 Å². The topological polar surface area (TPSA) is 58.4 Å². The van der Waals surface area contributed by atoms with E-state index in [1.807, 2.05) is 51.0 Å². The van der Waals surface area contributed by atoms with Crippen LogP contribution in [-0.4, -0.2) is 26.0 Å². The van der Waals surface area contributed by atoms with Crippen molar-refractivity contribution in [3.8, 4) is 0 Å². The quantitative estimate of drug-likeness (QED) is 0.835. The van der Waals surface area contributed by atoms with Gasteiger partial charge in [-0.1, -0.05) is 6.92 Å². The van der Waals surface area contributed by atoms with E-state index in [-0.39, 0.29) is 5.91 Å². The number of carbonyl (C=O) groups excluding carboxylic acids is 1. The fourth-order valence-corrected chi connectivity index (χ4v) is 1.48. The summed E-state index contributed by atoms with van der Waals surface area (Å²) in [6, 6.07) is 5.47. The second-order valence-electron chi connectivity index (χ2n) is 4.40. The number of amides is 1. The number of hydrogen-bond donors (Lipinski definition) is 2. The van der Waals surface area contributed by atoms with Crippen LogP contribution in [0.3, 0.4) is 0 Å². The predicted molar refractivity (Wildman–Crippen MR) is 72.4 cm³/mol. The van der Waals surface area contributed by atoms with Crippen LogP contribution in [0.2, 0.25) is 0 Å². The molecule has 0 unspecified atom stereocenters. The summed E-state index contributed by atoms with van der Waals surface area (Å²) >= 11 is 0. The Kier molecular flexibility index (Phi) is 4.52. The zero-order chi connectivity index (χ0) is 13.0. The number of rotatable bonds is 4. The third-order valence-electron chi connectivity index (χ3n) is 2.76. The molecule has 1 aromatic carbocycles. The van der Waals surface area contributed by atoms with Gasteiger partial charge in [0.25, 0.3) is 0 Å². The van der Waals surface area contributed by atoms with Crippen molar-refractivity contribution >= 4 is 17.3 Å². The molecule has 94 valence electrons. The normalized spacial score (nSPS) is 12.1. The molecule has 0 fully saturated rings. The van der Waals surface area contributed by atoms with Crippen LogP contribution >= 0.6 is 0 Å². The Balaban J connectivity index is 2.83. The van der Waals surface area contributed by atoms with Crippen molar-refractivity contribution in [3.05, 3.63) is 23.8 Å². The van der Waals surface area contributed by atoms with E-state index in [0.717, 1.165) is 16.9 Å². The number of aryl methyl sites for hydroxylation is 1. The van der Waals surface area contributed by atoms with E-state index in [9.17, 15) is 4.79 Å². The molecule has 0 aromatic heterocycles. The van der Waals surface area contributed by atoms with Crippen molar-refractivity contribution in [1.82, 2.24) is 0 Å². The Bertz CT molecular complexity index is 402. The minimum atomic E-state index is -0.442. The maximum atomic E-state index is 11.7. The van der Waals surface area contributed by atoms with Crippen LogP contribution in [0.1, 0.15) is 18.9 Å². The molecule has 1 rings (SSSR count). The zero-order valence-electron chi connectivity index (χ0n) is 10.9. The van der Waals surface area contributed by atoms with Gasteiger partial charge in [0.1, 0.15) is 0 Å². The van der Waals surface area contributed by atoms with Crippen molar-refractivity contribution < 1.29 is 4.79 Å². The number of carbonyl (C=O) groups is 1. The lowest BCUT2D eigenvalue weighted by Gasteiger charge is -2.16. The van der Waals surface area contributed by atoms with Gasteiger partial charge in [-0.05, 0) is 37.1 Å². The summed E-state index contributed by atoms with van der Waals surface area (Å²) in [4.78, 5) is 13.7. The van der Waals surface area contributed by atoms with Gasteiger partial charge >= 0.3 is 0 Å². The van der Waals surface area contributed by atoms with Crippen LogP contribution in [0.15, 0.2) is 18.2 Å². The lowest BCUT2D eigenvalue weighted by molar-refractivity contribution is -0.117. The van der Waals surface area contributed by atoms with Crippen molar-refractivity contribution in [1.29, 1.82) is 0 Å². The largest absolute Gasteiger partial charge is 0.378 e. The van der Waals surface area contributed by atoms with Gasteiger partial charge in [-0.2, -0.15) is 0 Å². The molecule has 0 radical (unpaired) electrons. The molecule has 1 aromatic rings. The highest BCUT2D eigenvalue weighted by atomic mass is 16.2. The highest BCUT2D eigenvalue weighted by Gasteiger charge is 2.12. The second-order valence-corrected chi connectivity index (χ2v) is 4.40. The average Bonchev–Trinajstić information content (AvgIpc) is 2.30. The smallest absolute Gasteiger partial charge is 0.241 e. The summed E-state index contributed by atoms with van der Waals surface area (Å²) in [7, 11) is 3.97. The molecule has 0 aliphatic carbocycles. The number of anilines is 2. The fraction of sp³-hybridized carbons (Fsp3) is 0.462. The third kappa shape index (κ3) is 3.46. The molecule has 0 aliphatic rings. The molecule has 0 aliphatic heterocycles. The maximum Gasteiger partial charge on any atom is 0.241 e. The molecule has 4 nitrogen and oxygen atoms in total. The van der Waals surface area contributed by atoms with Crippen molar-refractivity contribution in [3.63, 3.8) is 0 Å². The summed E-state index contributed by atoms with van der Waals surface area (Å²) in [5.74, 6) is -0.131. The van der Waals surface area contributed by atoms with Crippen molar-refractivity contribution in [2.24, 2.45) is 5.73 Å². The Morgan fingerprint density at radius 3 is 2.59 bits per heavy atom. The summed E-state index contributed by atoms with van der Waals surface area (Å²) in [6.45, 7) is 3.87.